The summed E-state index contributed by atoms with van der Waals surface area (Å²) in [5.74, 6) is -1.45. The van der Waals surface area contributed by atoms with E-state index in [2.05, 4.69) is 15.4 Å². The van der Waals surface area contributed by atoms with E-state index >= 15 is 0 Å². The predicted octanol–water partition coefficient (Wildman–Crippen LogP) is 1.15. The fourth-order valence-corrected chi connectivity index (χ4v) is 3.30. The van der Waals surface area contributed by atoms with Crippen LogP contribution in [0.25, 0.3) is 0 Å². The van der Waals surface area contributed by atoms with Gasteiger partial charge in [-0.25, -0.2) is 17.5 Å². The number of halogens is 1. The van der Waals surface area contributed by atoms with Gasteiger partial charge in [-0.3, -0.25) is 9.59 Å². The van der Waals surface area contributed by atoms with Crippen molar-refractivity contribution in [2.45, 2.75) is 25.3 Å². The molecule has 2 amide bonds. The van der Waals surface area contributed by atoms with Crippen LogP contribution < -0.4 is 15.4 Å². The normalized spacial score (nSPS) is 11.1. The molecule has 0 saturated heterocycles. The molecule has 0 bridgehead atoms. The third kappa shape index (κ3) is 6.43. The number of hydrogen-bond acceptors (Lipinski definition) is 4. The second kappa shape index (κ2) is 9.43. The lowest BCUT2D eigenvalue weighted by atomic mass is 10.1. The third-order valence-electron chi connectivity index (χ3n) is 4.06. The van der Waals surface area contributed by atoms with Gasteiger partial charge in [-0.15, -0.1) is 0 Å². The molecule has 0 heterocycles. The molecule has 28 heavy (non-hydrogen) atoms. The molecule has 0 aliphatic heterocycles. The predicted molar refractivity (Wildman–Crippen MR) is 102 cm³/mol. The van der Waals surface area contributed by atoms with Crippen LogP contribution in [-0.4, -0.2) is 33.3 Å². The summed E-state index contributed by atoms with van der Waals surface area (Å²) in [5, 5.41) is 4.90. The molecule has 0 saturated carbocycles. The number of carbonyl (C=O) groups is 2. The monoisotopic (exact) mass is 407 g/mol. The highest BCUT2D eigenvalue weighted by Gasteiger charge is 2.16. The van der Waals surface area contributed by atoms with E-state index in [0.29, 0.717) is 5.56 Å². The van der Waals surface area contributed by atoms with Crippen molar-refractivity contribution in [3.05, 3.63) is 65.0 Å². The highest BCUT2D eigenvalue weighted by molar-refractivity contribution is 7.89. The van der Waals surface area contributed by atoms with E-state index in [-0.39, 0.29) is 23.8 Å². The lowest BCUT2D eigenvalue weighted by Crippen LogP contribution is -2.41. The quantitative estimate of drug-likeness (QED) is 0.611. The fraction of sp³-hybridized carbons (Fsp3) is 0.263. The van der Waals surface area contributed by atoms with Crippen LogP contribution in [0.1, 0.15) is 16.7 Å². The van der Waals surface area contributed by atoms with Crippen molar-refractivity contribution < 1.29 is 22.4 Å². The lowest BCUT2D eigenvalue weighted by molar-refractivity contribution is -0.125. The summed E-state index contributed by atoms with van der Waals surface area (Å²) in [6, 6.07) is 10.3. The summed E-state index contributed by atoms with van der Waals surface area (Å²) < 4.78 is 39.5. The summed E-state index contributed by atoms with van der Waals surface area (Å²) in [4.78, 5) is 23.6. The van der Waals surface area contributed by atoms with E-state index in [9.17, 15) is 22.4 Å². The van der Waals surface area contributed by atoms with Crippen LogP contribution in [0.5, 0.6) is 0 Å². The number of amides is 2. The average molecular weight is 407 g/mol. The van der Waals surface area contributed by atoms with Crippen molar-refractivity contribution in [3.63, 3.8) is 0 Å². The molecule has 3 N–H and O–H groups in total. The van der Waals surface area contributed by atoms with Crippen molar-refractivity contribution >= 4 is 21.8 Å². The maximum absolute atomic E-state index is 12.8. The van der Waals surface area contributed by atoms with Gasteiger partial charge in [0.15, 0.2) is 0 Å². The summed E-state index contributed by atoms with van der Waals surface area (Å²) in [5.41, 5.74) is 2.50. The molecule has 0 unspecified atom stereocenters. The molecule has 150 valence electrons. The van der Waals surface area contributed by atoms with Gasteiger partial charge in [0.1, 0.15) is 5.82 Å². The van der Waals surface area contributed by atoms with Crippen molar-refractivity contribution in [2.24, 2.45) is 0 Å². The summed E-state index contributed by atoms with van der Waals surface area (Å²) in [7, 11) is -3.82. The Morgan fingerprint density at radius 3 is 2.18 bits per heavy atom. The Bertz CT molecular complexity index is 960. The molecule has 0 aromatic heterocycles. The van der Waals surface area contributed by atoms with Gasteiger partial charge in [0.05, 0.1) is 18.0 Å². The fourth-order valence-electron chi connectivity index (χ4n) is 2.23. The van der Waals surface area contributed by atoms with E-state index in [0.717, 1.165) is 11.1 Å². The minimum atomic E-state index is -3.82. The maximum atomic E-state index is 12.8. The first kappa shape index (κ1) is 21.5. The third-order valence-corrected chi connectivity index (χ3v) is 5.46. The highest BCUT2D eigenvalue weighted by atomic mass is 32.2. The average Bonchev–Trinajstić information content (AvgIpc) is 2.66. The van der Waals surface area contributed by atoms with Crippen LogP contribution in [0.2, 0.25) is 0 Å². The molecule has 0 aliphatic carbocycles. The Morgan fingerprint density at radius 1 is 0.893 bits per heavy atom. The van der Waals surface area contributed by atoms with Crippen LogP contribution in [0.3, 0.4) is 0 Å². The topological polar surface area (TPSA) is 104 Å². The van der Waals surface area contributed by atoms with Gasteiger partial charge in [0.2, 0.25) is 21.8 Å². The number of rotatable bonds is 8. The number of sulfonamides is 1. The highest BCUT2D eigenvalue weighted by Crippen LogP contribution is 2.14. The number of hydrogen-bond donors (Lipinski definition) is 3. The molecular formula is C19H22FN3O4S. The largest absolute Gasteiger partial charge is 0.350 e. The molecule has 2 aromatic rings. The number of benzene rings is 2. The molecule has 2 rings (SSSR count). The van der Waals surface area contributed by atoms with E-state index < -0.39 is 28.4 Å². The Kier molecular flexibility index (Phi) is 7.24. The van der Waals surface area contributed by atoms with Gasteiger partial charge in [0, 0.05) is 6.54 Å². The van der Waals surface area contributed by atoms with Crippen molar-refractivity contribution in [1.82, 2.24) is 15.4 Å². The molecule has 7 nitrogen and oxygen atoms in total. The smallest absolute Gasteiger partial charge is 0.241 e. The zero-order valence-corrected chi connectivity index (χ0v) is 16.4. The number of nitrogens with one attached hydrogen (secondary N) is 3. The van der Waals surface area contributed by atoms with Crippen LogP contribution in [0.4, 0.5) is 4.39 Å². The first-order valence-corrected chi connectivity index (χ1v) is 10.0. The lowest BCUT2D eigenvalue weighted by Gasteiger charge is -2.10. The van der Waals surface area contributed by atoms with Gasteiger partial charge in [-0.1, -0.05) is 18.2 Å². The molecule has 9 heteroatoms. The standard InChI is InChI=1S/C19H22FN3O4S/c1-13-3-8-17(9-14(13)2)28(26,27)23-12-19(25)22-11-18(24)21-10-15-4-6-16(20)7-5-15/h3-9,23H,10-12H2,1-2H3,(H,21,24)(H,22,25). The second-order valence-corrected chi connectivity index (χ2v) is 8.02. The minimum absolute atomic E-state index is 0.0699. The SMILES string of the molecule is Cc1ccc(S(=O)(=O)NCC(=O)NCC(=O)NCc2ccc(F)cc2)cc1C. The van der Waals surface area contributed by atoms with Crippen molar-refractivity contribution in [1.29, 1.82) is 0 Å². The van der Waals surface area contributed by atoms with Crippen molar-refractivity contribution in [2.75, 3.05) is 13.1 Å². The van der Waals surface area contributed by atoms with Crippen LogP contribution in [0.15, 0.2) is 47.4 Å². The van der Waals surface area contributed by atoms with E-state index in [1.165, 1.54) is 36.4 Å². The first-order chi connectivity index (χ1) is 13.2. The molecule has 2 aromatic carbocycles. The number of carbonyl (C=O) groups excluding carboxylic acids is 2. The Labute approximate surface area is 163 Å². The van der Waals surface area contributed by atoms with Crippen LogP contribution >= 0.6 is 0 Å². The molecule has 0 radical (unpaired) electrons. The van der Waals surface area contributed by atoms with Gasteiger partial charge >= 0.3 is 0 Å². The van der Waals surface area contributed by atoms with E-state index in [1.807, 2.05) is 6.92 Å². The molecule has 0 spiro atoms. The Morgan fingerprint density at radius 2 is 1.54 bits per heavy atom. The molecule has 0 fully saturated rings. The molecule has 0 aliphatic rings. The van der Waals surface area contributed by atoms with Gasteiger partial charge < -0.3 is 10.6 Å². The Balaban J connectivity index is 1.76. The zero-order valence-electron chi connectivity index (χ0n) is 15.6. The molecular weight excluding hydrogens is 385 g/mol. The summed E-state index contributed by atoms with van der Waals surface area (Å²) in [6.45, 7) is 3.07. The number of aryl methyl sites for hydroxylation is 2. The summed E-state index contributed by atoms with van der Waals surface area (Å²) >= 11 is 0. The zero-order chi connectivity index (χ0) is 20.7. The maximum Gasteiger partial charge on any atom is 0.241 e. The minimum Gasteiger partial charge on any atom is -0.350 e. The van der Waals surface area contributed by atoms with Gasteiger partial charge in [-0.05, 0) is 54.8 Å². The van der Waals surface area contributed by atoms with Crippen molar-refractivity contribution in [3.8, 4) is 0 Å². The Hall–Kier alpha value is -2.78. The van der Waals surface area contributed by atoms with Gasteiger partial charge in [0.25, 0.3) is 0 Å². The van der Waals surface area contributed by atoms with E-state index in [4.69, 9.17) is 0 Å². The van der Waals surface area contributed by atoms with E-state index in [1.54, 1.807) is 13.0 Å². The molecule has 0 atom stereocenters. The van der Waals surface area contributed by atoms with Gasteiger partial charge in [-0.2, -0.15) is 0 Å². The second-order valence-electron chi connectivity index (χ2n) is 6.25. The first-order valence-electron chi connectivity index (χ1n) is 8.52. The summed E-state index contributed by atoms with van der Waals surface area (Å²) in [6.07, 6.45) is 0. The van der Waals surface area contributed by atoms with Crippen LogP contribution in [-0.2, 0) is 26.2 Å². The van der Waals surface area contributed by atoms with Crippen LogP contribution in [0, 0.1) is 19.7 Å².